The highest BCUT2D eigenvalue weighted by Gasteiger charge is 2.39. The van der Waals surface area contributed by atoms with Crippen LogP contribution < -0.4 is 10.0 Å². The van der Waals surface area contributed by atoms with Crippen LogP contribution in [-0.4, -0.2) is 14.5 Å². The minimum Gasteiger partial charge on any atom is -0.378 e. The SMILES string of the molecule is O=S(=O)(NC1CCCCC1)c1ccc2c(c1)C1C=CCC1C(c1ccccc1Cl)N2. The zero-order chi connectivity index (χ0) is 20.7. The van der Waals surface area contributed by atoms with Crippen LogP contribution in [0.3, 0.4) is 0 Å². The smallest absolute Gasteiger partial charge is 0.240 e. The number of rotatable bonds is 4. The molecule has 3 atom stereocenters. The second-order valence-corrected chi connectivity index (χ2v) is 10.8. The number of hydrogen-bond acceptors (Lipinski definition) is 3. The zero-order valence-corrected chi connectivity index (χ0v) is 18.4. The molecule has 1 aliphatic heterocycles. The maximum Gasteiger partial charge on any atom is 0.240 e. The number of anilines is 1. The first-order chi connectivity index (χ1) is 14.5. The molecule has 3 unspecified atom stereocenters. The highest BCUT2D eigenvalue weighted by molar-refractivity contribution is 7.89. The van der Waals surface area contributed by atoms with Crippen LogP contribution in [0, 0.1) is 5.92 Å². The Morgan fingerprint density at radius 1 is 1.00 bits per heavy atom. The average molecular weight is 443 g/mol. The number of hydrogen-bond donors (Lipinski definition) is 2. The summed E-state index contributed by atoms with van der Waals surface area (Å²) in [5, 5.41) is 4.41. The van der Waals surface area contributed by atoms with Crippen LogP contribution in [0.2, 0.25) is 5.02 Å². The zero-order valence-electron chi connectivity index (χ0n) is 16.9. The van der Waals surface area contributed by atoms with Crippen LogP contribution >= 0.6 is 11.6 Å². The van der Waals surface area contributed by atoms with Gasteiger partial charge in [-0.1, -0.05) is 61.2 Å². The highest BCUT2D eigenvalue weighted by atomic mass is 35.5. The number of fused-ring (bicyclic) bond motifs is 3. The van der Waals surface area contributed by atoms with Crippen LogP contribution in [0.25, 0.3) is 0 Å². The topological polar surface area (TPSA) is 58.2 Å². The van der Waals surface area contributed by atoms with Gasteiger partial charge in [-0.2, -0.15) is 0 Å². The van der Waals surface area contributed by atoms with E-state index >= 15 is 0 Å². The summed E-state index contributed by atoms with van der Waals surface area (Å²) in [7, 11) is -3.52. The minimum absolute atomic E-state index is 0.0571. The van der Waals surface area contributed by atoms with E-state index < -0.39 is 10.0 Å². The van der Waals surface area contributed by atoms with Gasteiger partial charge in [0.25, 0.3) is 0 Å². The molecule has 1 fully saturated rings. The van der Waals surface area contributed by atoms with Crippen LogP contribution in [0.5, 0.6) is 0 Å². The Bertz CT molecular complexity index is 1080. The molecule has 2 aliphatic carbocycles. The monoisotopic (exact) mass is 442 g/mol. The first-order valence-electron chi connectivity index (χ1n) is 10.9. The molecule has 1 heterocycles. The molecule has 0 saturated heterocycles. The van der Waals surface area contributed by atoms with E-state index in [9.17, 15) is 8.42 Å². The van der Waals surface area contributed by atoms with Gasteiger partial charge in [-0.3, -0.25) is 0 Å². The standard InChI is InChI=1S/C24H27ClN2O2S/c25-22-12-5-4-9-20(22)24-19-11-6-10-18(19)21-15-17(13-14-23(21)26-24)30(28,29)27-16-7-2-1-3-8-16/h4-6,9-10,12-16,18-19,24,26-27H,1-3,7-8,11H2. The highest BCUT2D eigenvalue weighted by Crippen LogP contribution is 2.51. The van der Waals surface area contributed by atoms with Gasteiger partial charge in [0.1, 0.15) is 0 Å². The molecule has 2 aromatic rings. The van der Waals surface area contributed by atoms with Crippen molar-refractivity contribution in [2.24, 2.45) is 5.92 Å². The summed E-state index contributed by atoms with van der Waals surface area (Å²) in [5.41, 5.74) is 3.15. The fourth-order valence-corrected chi connectivity index (χ4v) is 6.88. The molecule has 4 nitrogen and oxygen atoms in total. The molecule has 0 bridgehead atoms. The fourth-order valence-electron chi connectivity index (χ4n) is 5.28. The van der Waals surface area contributed by atoms with E-state index in [0.717, 1.165) is 53.9 Å². The van der Waals surface area contributed by atoms with E-state index in [1.165, 1.54) is 6.42 Å². The molecule has 2 N–H and O–H groups in total. The first-order valence-corrected chi connectivity index (χ1v) is 12.7. The van der Waals surface area contributed by atoms with E-state index in [1.54, 1.807) is 6.07 Å². The molecule has 0 spiro atoms. The molecule has 0 aromatic heterocycles. The molecule has 3 aliphatic rings. The molecule has 0 radical (unpaired) electrons. The molecule has 158 valence electrons. The van der Waals surface area contributed by atoms with Crippen molar-refractivity contribution in [1.82, 2.24) is 4.72 Å². The van der Waals surface area contributed by atoms with Crippen LogP contribution in [0.15, 0.2) is 59.5 Å². The molecule has 6 heteroatoms. The lowest BCUT2D eigenvalue weighted by atomic mass is 9.77. The number of sulfonamides is 1. The Balaban J connectivity index is 1.47. The Hall–Kier alpha value is -1.82. The molecule has 5 rings (SSSR count). The number of halogens is 1. The van der Waals surface area contributed by atoms with Crippen molar-refractivity contribution in [2.75, 3.05) is 5.32 Å². The second-order valence-electron chi connectivity index (χ2n) is 8.70. The summed E-state index contributed by atoms with van der Waals surface area (Å²) < 4.78 is 29.0. The summed E-state index contributed by atoms with van der Waals surface area (Å²) in [6.45, 7) is 0. The van der Waals surface area contributed by atoms with Gasteiger partial charge in [-0.05, 0) is 60.6 Å². The summed E-state index contributed by atoms with van der Waals surface area (Å²) in [6.07, 6.45) is 10.6. The minimum atomic E-state index is -3.52. The molecule has 1 saturated carbocycles. The maximum absolute atomic E-state index is 13.0. The molecular weight excluding hydrogens is 416 g/mol. The van der Waals surface area contributed by atoms with E-state index in [1.807, 2.05) is 30.3 Å². The number of allylic oxidation sites excluding steroid dienone is 2. The third kappa shape index (κ3) is 3.68. The van der Waals surface area contributed by atoms with Crippen molar-refractivity contribution < 1.29 is 8.42 Å². The predicted molar refractivity (Wildman–Crippen MR) is 121 cm³/mol. The third-order valence-electron chi connectivity index (χ3n) is 6.81. The van der Waals surface area contributed by atoms with Gasteiger partial charge in [0, 0.05) is 22.7 Å². The number of benzene rings is 2. The fraction of sp³-hybridized carbons (Fsp3) is 0.417. The van der Waals surface area contributed by atoms with Crippen LogP contribution in [-0.2, 0) is 10.0 Å². The van der Waals surface area contributed by atoms with Crippen LogP contribution in [0.4, 0.5) is 5.69 Å². The lowest BCUT2D eigenvalue weighted by Crippen LogP contribution is -2.36. The summed E-state index contributed by atoms with van der Waals surface area (Å²) in [6, 6.07) is 13.6. The van der Waals surface area contributed by atoms with Gasteiger partial charge in [-0.25, -0.2) is 13.1 Å². The lowest BCUT2D eigenvalue weighted by Gasteiger charge is -2.38. The summed E-state index contributed by atoms with van der Waals surface area (Å²) in [5.74, 6) is 0.508. The van der Waals surface area contributed by atoms with Crippen molar-refractivity contribution in [3.8, 4) is 0 Å². The van der Waals surface area contributed by atoms with Gasteiger partial charge in [0.05, 0.1) is 10.9 Å². The Kier molecular flexibility index (Phi) is 5.38. The molecule has 0 amide bonds. The van der Waals surface area contributed by atoms with Crippen molar-refractivity contribution in [2.45, 2.75) is 61.4 Å². The van der Waals surface area contributed by atoms with Crippen molar-refractivity contribution >= 4 is 27.3 Å². The predicted octanol–water partition coefficient (Wildman–Crippen LogP) is 5.78. The molecule has 2 aromatic carbocycles. The third-order valence-corrected chi connectivity index (χ3v) is 8.67. The van der Waals surface area contributed by atoms with E-state index in [-0.39, 0.29) is 18.0 Å². The number of nitrogens with one attached hydrogen (secondary N) is 2. The van der Waals surface area contributed by atoms with E-state index in [0.29, 0.717) is 10.8 Å². The van der Waals surface area contributed by atoms with Gasteiger partial charge < -0.3 is 5.32 Å². The second kappa shape index (κ2) is 8.03. The summed E-state index contributed by atoms with van der Waals surface area (Å²) >= 11 is 6.50. The van der Waals surface area contributed by atoms with Gasteiger partial charge in [0.2, 0.25) is 10.0 Å². The lowest BCUT2D eigenvalue weighted by molar-refractivity contribution is 0.411. The van der Waals surface area contributed by atoms with Crippen molar-refractivity contribution in [3.05, 3.63) is 70.8 Å². The van der Waals surface area contributed by atoms with Crippen molar-refractivity contribution in [1.29, 1.82) is 0 Å². The van der Waals surface area contributed by atoms with Gasteiger partial charge in [-0.15, -0.1) is 0 Å². The molecule has 30 heavy (non-hydrogen) atoms. The Labute approximate surface area is 183 Å². The largest absolute Gasteiger partial charge is 0.378 e. The first kappa shape index (κ1) is 20.1. The van der Waals surface area contributed by atoms with E-state index in [2.05, 4.69) is 28.3 Å². The quantitative estimate of drug-likeness (QED) is 0.590. The normalized spacial score (nSPS) is 26.1. The van der Waals surface area contributed by atoms with Gasteiger partial charge >= 0.3 is 0 Å². The average Bonchev–Trinajstić information content (AvgIpc) is 3.24. The van der Waals surface area contributed by atoms with E-state index in [4.69, 9.17) is 11.6 Å². The van der Waals surface area contributed by atoms with Gasteiger partial charge in [0.15, 0.2) is 0 Å². The molecular formula is C24H27ClN2O2S. The Morgan fingerprint density at radius 2 is 1.80 bits per heavy atom. The summed E-state index contributed by atoms with van der Waals surface area (Å²) in [4.78, 5) is 0.365. The van der Waals surface area contributed by atoms with Crippen LogP contribution in [0.1, 0.15) is 61.6 Å². The Morgan fingerprint density at radius 3 is 2.60 bits per heavy atom. The maximum atomic E-state index is 13.0. The van der Waals surface area contributed by atoms with Crippen molar-refractivity contribution in [3.63, 3.8) is 0 Å².